The normalized spacial score (nSPS) is 10.9. The lowest BCUT2D eigenvalue weighted by atomic mass is 10.0. The number of rotatable bonds is 3. The van der Waals surface area contributed by atoms with Gasteiger partial charge in [0, 0.05) is 31.9 Å². The molecule has 22 heavy (non-hydrogen) atoms. The molecule has 0 aromatic carbocycles. The van der Waals surface area contributed by atoms with E-state index in [9.17, 15) is 4.79 Å². The number of anilines is 1. The van der Waals surface area contributed by atoms with E-state index in [1.54, 1.807) is 17.1 Å². The van der Waals surface area contributed by atoms with Crippen LogP contribution < -0.4 is 5.32 Å². The van der Waals surface area contributed by atoms with Gasteiger partial charge in [0.25, 0.3) is 0 Å². The van der Waals surface area contributed by atoms with Gasteiger partial charge in [0.15, 0.2) is 11.5 Å². The molecule has 0 fully saturated rings. The number of amides is 1. The van der Waals surface area contributed by atoms with Crippen LogP contribution in [0.15, 0.2) is 30.6 Å². The highest BCUT2D eigenvalue weighted by Crippen LogP contribution is 2.30. The first-order chi connectivity index (χ1) is 10.6. The number of pyridine rings is 2. The number of carbonyl (C=O) groups is 1. The Bertz CT molecular complexity index is 839. The SMILES string of the molecule is CCc1nc2c(cc1-c1ccncc1)c(NC(C)=O)nn2C. The van der Waals surface area contributed by atoms with Crippen molar-refractivity contribution in [3.05, 3.63) is 36.3 Å². The quantitative estimate of drug-likeness (QED) is 0.806. The Kier molecular flexibility index (Phi) is 3.58. The Hall–Kier alpha value is -2.76. The lowest BCUT2D eigenvalue weighted by Crippen LogP contribution is -2.06. The number of nitrogens with zero attached hydrogens (tertiary/aromatic N) is 4. The van der Waals surface area contributed by atoms with E-state index >= 15 is 0 Å². The molecule has 0 atom stereocenters. The number of carbonyl (C=O) groups excluding carboxylic acids is 1. The van der Waals surface area contributed by atoms with Crippen molar-refractivity contribution in [2.45, 2.75) is 20.3 Å². The lowest BCUT2D eigenvalue weighted by molar-refractivity contribution is -0.114. The molecule has 6 heteroatoms. The Labute approximate surface area is 128 Å². The van der Waals surface area contributed by atoms with Crippen LogP contribution in [-0.2, 0) is 18.3 Å². The fourth-order valence-electron chi connectivity index (χ4n) is 2.52. The van der Waals surface area contributed by atoms with E-state index in [1.165, 1.54) is 6.92 Å². The largest absolute Gasteiger partial charge is 0.309 e. The Morgan fingerprint density at radius 1 is 1.32 bits per heavy atom. The number of hydrogen-bond donors (Lipinski definition) is 1. The molecule has 1 N–H and O–H groups in total. The summed E-state index contributed by atoms with van der Waals surface area (Å²) in [7, 11) is 1.83. The lowest BCUT2D eigenvalue weighted by Gasteiger charge is -2.08. The van der Waals surface area contributed by atoms with E-state index in [4.69, 9.17) is 4.98 Å². The van der Waals surface area contributed by atoms with Crippen molar-refractivity contribution in [1.29, 1.82) is 0 Å². The van der Waals surface area contributed by atoms with Crippen molar-refractivity contribution in [2.24, 2.45) is 7.05 Å². The van der Waals surface area contributed by atoms with Crippen LogP contribution in [0.3, 0.4) is 0 Å². The third-order valence-electron chi connectivity index (χ3n) is 3.51. The molecule has 3 aromatic heterocycles. The van der Waals surface area contributed by atoms with Crippen molar-refractivity contribution in [2.75, 3.05) is 5.32 Å². The molecule has 3 heterocycles. The summed E-state index contributed by atoms with van der Waals surface area (Å²) in [5, 5.41) is 7.95. The zero-order chi connectivity index (χ0) is 15.7. The Morgan fingerprint density at radius 2 is 2.05 bits per heavy atom. The van der Waals surface area contributed by atoms with Crippen molar-refractivity contribution in [3.8, 4) is 11.1 Å². The fourth-order valence-corrected chi connectivity index (χ4v) is 2.52. The van der Waals surface area contributed by atoms with E-state index in [0.29, 0.717) is 5.82 Å². The summed E-state index contributed by atoms with van der Waals surface area (Å²) in [5.41, 5.74) is 3.85. The number of aryl methyl sites for hydroxylation is 2. The third kappa shape index (κ3) is 2.43. The van der Waals surface area contributed by atoms with Gasteiger partial charge in [0.2, 0.25) is 5.91 Å². The highest BCUT2D eigenvalue weighted by Gasteiger charge is 2.15. The van der Waals surface area contributed by atoms with Gasteiger partial charge in [-0.1, -0.05) is 6.92 Å². The van der Waals surface area contributed by atoms with E-state index in [-0.39, 0.29) is 5.91 Å². The molecular weight excluding hydrogens is 278 g/mol. The topological polar surface area (TPSA) is 72.7 Å². The van der Waals surface area contributed by atoms with Crippen LogP contribution in [0.2, 0.25) is 0 Å². The number of hydrogen-bond acceptors (Lipinski definition) is 4. The molecule has 0 aliphatic carbocycles. The summed E-state index contributed by atoms with van der Waals surface area (Å²) in [6.45, 7) is 3.54. The monoisotopic (exact) mass is 295 g/mol. The summed E-state index contributed by atoms with van der Waals surface area (Å²) in [6, 6.07) is 5.95. The van der Waals surface area contributed by atoms with E-state index in [2.05, 4.69) is 22.3 Å². The molecule has 0 aliphatic rings. The second kappa shape index (κ2) is 5.55. The summed E-state index contributed by atoms with van der Waals surface area (Å²) in [6.07, 6.45) is 4.34. The maximum atomic E-state index is 11.4. The van der Waals surface area contributed by atoms with Crippen LogP contribution in [0.5, 0.6) is 0 Å². The van der Waals surface area contributed by atoms with Crippen molar-refractivity contribution in [1.82, 2.24) is 19.7 Å². The van der Waals surface area contributed by atoms with Crippen molar-refractivity contribution < 1.29 is 4.79 Å². The smallest absolute Gasteiger partial charge is 0.222 e. The van der Waals surface area contributed by atoms with Crippen LogP contribution in [0.4, 0.5) is 5.82 Å². The van der Waals surface area contributed by atoms with Gasteiger partial charge in [-0.25, -0.2) is 9.67 Å². The van der Waals surface area contributed by atoms with Crippen LogP contribution >= 0.6 is 0 Å². The van der Waals surface area contributed by atoms with Gasteiger partial charge in [-0.15, -0.1) is 0 Å². The van der Waals surface area contributed by atoms with Gasteiger partial charge in [-0.2, -0.15) is 5.10 Å². The Morgan fingerprint density at radius 3 is 2.68 bits per heavy atom. The fraction of sp³-hybridized carbons (Fsp3) is 0.250. The number of nitrogens with one attached hydrogen (secondary N) is 1. The molecule has 3 rings (SSSR count). The van der Waals surface area contributed by atoms with Crippen LogP contribution in [-0.4, -0.2) is 25.7 Å². The first-order valence-electron chi connectivity index (χ1n) is 7.14. The van der Waals surface area contributed by atoms with E-state index < -0.39 is 0 Å². The number of aromatic nitrogens is 4. The minimum absolute atomic E-state index is 0.148. The van der Waals surface area contributed by atoms with Crippen LogP contribution in [0, 0.1) is 0 Å². The van der Waals surface area contributed by atoms with Gasteiger partial charge >= 0.3 is 0 Å². The minimum Gasteiger partial charge on any atom is -0.309 e. The molecule has 0 saturated carbocycles. The molecular formula is C16H17N5O. The second-order valence-electron chi connectivity index (χ2n) is 5.10. The molecule has 1 amide bonds. The van der Waals surface area contributed by atoms with Crippen molar-refractivity contribution >= 4 is 22.8 Å². The molecule has 0 spiro atoms. The zero-order valence-electron chi connectivity index (χ0n) is 12.8. The van der Waals surface area contributed by atoms with Crippen LogP contribution in [0.1, 0.15) is 19.5 Å². The molecule has 0 bridgehead atoms. The second-order valence-corrected chi connectivity index (χ2v) is 5.10. The maximum Gasteiger partial charge on any atom is 0.222 e. The maximum absolute atomic E-state index is 11.4. The summed E-state index contributed by atoms with van der Waals surface area (Å²) in [5.74, 6) is 0.389. The van der Waals surface area contributed by atoms with Gasteiger partial charge < -0.3 is 5.32 Å². The third-order valence-corrected chi connectivity index (χ3v) is 3.51. The molecule has 0 radical (unpaired) electrons. The predicted octanol–water partition coefficient (Wildman–Crippen LogP) is 2.55. The molecule has 112 valence electrons. The van der Waals surface area contributed by atoms with Gasteiger partial charge in [-0.3, -0.25) is 9.78 Å². The van der Waals surface area contributed by atoms with Crippen molar-refractivity contribution in [3.63, 3.8) is 0 Å². The minimum atomic E-state index is -0.148. The molecule has 0 unspecified atom stereocenters. The first kappa shape index (κ1) is 14.2. The Balaban J connectivity index is 2.26. The number of fused-ring (bicyclic) bond motifs is 1. The molecule has 0 saturated heterocycles. The van der Waals surface area contributed by atoms with Gasteiger partial charge in [0.1, 0.15) is 0 Å². The van der Waals surface area contributed by atoms with E-state index in [0.717, 1.165) is 34.3 Å². The van der Waals surface area contributed by atoms with Gasteiger partial charge in [0.05, 0.1) is 11.1 Å². The summed E-state index contributed by atoms with van der Waals surface area (Å²) < 4.78 is 1.69. The van der Waals surface area contributed by atoms with E-state index in [1.807, 2.05) is 25.2 Å². The molecule has 0 aliphatic heterocycles. The average Bonchev–Trinajstić information content (AvgIpc) is 2.82. The van der Waals surface area contributed by atoms with Gasteiger partial charge in [-0.05, 0) is 30.2 Å². The molecule has 3 aromatic rings. The molecule has 6 nitrogen and oxygen atoms in total. The average molecular weight is 295 g/mol. The summed E-state index contributed by atoms with van der Waals surface area (Å²) in [4.78, 5) is 20.1. The first-order valence-corrected chi connectivity index (χ1v) is 7.14. The standard InChI is InChI=1S/C16H17N5O/c1-4-14-12(11-5-7-17-8-6-11)9-13-15(18-10(2)22)20-21(3)16(13)19-14/h5-9H,4H2,1-3H3,(H,18,20,22). The summed E-state index contributed by atoms with van der Waals surface area (Å²) >= 11 is 0. The predicted molar refractivity (Wildman–Crippen MR) is 85.4 cm³/mol. The highest BCUT2D eigenvalue weighted by atomic mass is 16.1. The highest BCUT2D eigenvalue weighted by molar-refractivity contribution is 5.99. The van der Waals surface area contributed by atoms with Crippen LogP contribution in [0.25, 0.3) is 22.2 Å². The zero-order valence-corrected chi connectivity index (χ0v) is 12.8.